The Morgan fingerprint density at radius 3 is 1.34 bits per heavy atom. The molecule has 2 aliphatic heterocycles. The Morgan fingerprint density at radius 1 is 0.862 bits per heavy atom. The summed E-state index contributed by atoms with van der Waals surface area (Å²) in [5.74, 6) is -7.40. The first-order chi connectivity index (χ1) is 13.5. The number of halogens is 6. The summed E-state index contributed by atoms with van der Waals surface area (Å²) in [5.41, 5.74) is -2.74. The Bertz CT molecular complexity index is 583. The molecule has 2 unspecified atom stereocenters. The molecular formula is C16H20F6N2O4Sn. The molecule has 0 saturated heterocycles. The molecule has 0 fully saturated rings. The standard InChI is InChI=1S/2C4H2F3NO2.2C4H9.Sn/c2*5-1-2(4(9)10)8(7)3(1)6;2*1-3-4-2;/h2*3H,(H,9,10);2*1,3-4H2,2H3;/q;;;;+2/p-2. The Balaban J connectivity index is 0.000000407. The fraction of sp³-hybridized carbons (Fsp3) is 0.625. The summed E-state index contributed by atoms with van der Waals surface area (Å²) in [6, 6.07) is 0. The summed E-state index contributed by atoms with van der Waals surface area (Å²) in [6.07, 6.45) is 0.687. The van der Waals surface area contributed by atoms with Crippen molar-refractivity contribution in [1.29, 1.82) is 0 Å². The van der Waals surface area contributed by atoms with E-state index in [1.165, 1.54) is 25.7 Å². The summed E-state index contributed by atoms with van der Waals surface area (Å²) < 4.78 is 74.1. The van der Waals surface area contributed by atoms with Crippen LogP contribution in [0.5, 0.6) is 0 Å². The number of hydrogen-bond acceptors (Lipinski definition) is 6. The first kappa shape index (κ1) is 27.4. The van der Waals surface area contributed by atoms with Gasteiger partial charge >= 0.3 is 69.5 Å². The van der Waals surface area contributed by atoms with Crippen molar-refractivity contribution in [3.05, 3.63) is 23.0 Å². The summed E-state index contributed by atoms with van der Waals surface area (Å²) in [7, 11) is 0. The van der Waals surface area contributed by atoms with Crippen LogP contribution in [-0.4, -0.2) is 55.9 Å². The van der Waals surface area contributed by atoms with Crippen LogP contribution in [0.1, 0.15) is 39.5 Å². The van der Waals surface area contributed by atoms with Gasteiger partial charge in [-0.05, 0) is 0 Å². The molecule has 0 bridgehead atoms. The van der Waals surface area contributed by atoms with Crippen molar-refractivity contribution in [1.82, 2.24) is 10.2 Å². The third-order valence-corrected chi connectivity index (χ3v) is 7.53. The second-order valence-corrected chi connectivity index (χ2v) is 10.0. The van der Waals surface area contributed by atoms with Crippen LogP contribution in [0.15, 0.2) is 23.0 Å². The number of hydrogen-bond donors (Lipinski definition) is 0. The average Bonchev–Trinajstić information content (AvgIpc) is 2.68. The van der Waals surface area contributed by atoms with E-state index in [1.54, 1.807) is 8.87 Å². The van der Waals surface area contributed by atoms with Gasteiger partial charge in [-0.2, -0.15) is 10.2 Å². The molecule has 6 nitrogen and oxygen atoms in total. The molecule has 0 radical (unpaired) electrons. The van der Waals surface area contributed by atoms with Gasteiger partial charge in [0.05, 0.1) is 11.9 Å². The molecule has 13 heteroatoms. The first-order valence-electron chi connectivity index (χ1n) is 8.63. The van der Waals surface area contributed by atoms with Crippen molar-refractivity contribution in [3.8, 4) is 0 Å². The fourth-order valence-electron chi connectivity index (χ4n) is 1.82. The predicted octanol–water partition coefficient (Wildman–Crippen LogP) is 1.95. The molecular weight excluding hydrogens is 517 g/mol. The maximum atomic E-state index is 11.9. The Morgan fingerprint density at radius 2 is 1.17 bits per heavy atom. The molecule has 164 valence electrons. The minimum atomic E-state index is -2.58. The zero-order chi connectivity index (χ0) is 22.7. The SMILES string of the molecule is CCC[CH2][Sn+2][CH2]CCC.O=C([O-])C1=C(F)C(F)N1F.O=C([O-])C1=C(F)C(F)N1F. The molecule has 0 aliphatic carbocycles. The van der Waals surface area contributed by atoms with Gasteiger partial charge in [0.1, 0.15) is 11.4 Å². The summed E-state index contributed by atoms with van der Waals surface area (Å²) in [6.45, 7) is 4.58. The molecule has 2 rings (SSSR count). The molecule has 29 heavy (non-hydrogen) atoms. The molecule has 0 aromatic rings. The quantitative estimate of drug-likeness (QED) is 0.155. The van der Waals surface area contributed by atoms with Gasteiger partial charge in [-0.1, -0.05) is 8.96 Å². The van der Waals surface area contributed by atoms with Crippen molar-refractivity contribution >= 4 is 33.1 Å². The molecule has 0 amide bonds. The van der Waals surface area contributed by atoms with Crippen molar-refractivity contribution in [2.45, 2.75) is 61.0 Å². The van der Waals surface area contributed by atoms with Crippen LogP contribution in [0, 0.1) is 0 Å². The van der Waals surface area contributed by atoms with E-state index in [9.17, 15) is 46.3 Å². The van der Waals surface area contributed by atoms with Gasteiger partial charge in [0.25, 0.3) is 12.6 Å². The summed E-state index contributed by atoms with van der Waals surface area (Å²) in [5, 5.41) is 17.7. The minimum Gasteiger partial charge on any atom is -0.543 e. The second-order valence-electron chi connectivity index (χ2n) is 5.72. The molecule has 2 heterocycles. The number of carbonyl (C=O) groups is 2. The van der Waals surface area contributed by atoms with E-state index in [0.29, 0.717) is 0 Å². The zero-order valence-electron chi connectivity index (χ0n) is 15.7. The Hall–Kier alpha value is -1.60. The monoisotopic (exact) mass is 538 g/mol. The van der Waals surface area contributed by atoms with Crippen LogP contribution in [0.25, 0.3) is 0 Å². The maximum Gasteiger partial charge on any atom is 0.254 e. The van der Waals surface area contributed by atoms with Gasteiger partial charge in [0.2, 0.25) is 0 Å². The average molecular weight is 537 g/mol. The van der Waals surface area contributed by atoms with E-state index in [1.807, 2.05) is 0 Å². The van der Waals surface area contributed by atoms with Crippen LogP contribution in [0.2, 0.25) is 8.87 Å². The van der Waals surface area contributed by atoms with Gasteiger partial charge in [0.15, 0.2) is 11.7 Å². The van der Waals surface area contributed by atoms with E-state index >= 15 is 0 Å². The number of carbonyl (C=O) groups excluding carboxylic acids is 2. The molecule has 2 aliphatic rings. The fourth-order valence-corrected chi connectivity index (χ4v) is 5.98. The number of aliphatic carboxylic acids is 2. The first-order valence-corrected chi connectivity index (χ1v) is 12.7. The number of unbranched alkanes of at least 4 members (excludes halogenated alkanes) is 2. The van der Waals surface area contributed by atoms with Crippen LogP contribution in [0.4, 0.5) is 26.5 Å². The molecule has 0 aromatic carbocycles. The van der Waals surface area contributed by atoms with Crippen molar-refractivity contribution in [3.63, 3.8) is 0 Å². The van der Waals surface area contributed by atoms with E-state index in [-0.39, 0.29) is 21.1 Å². The third kappa shape index (κ3) is 7.97. The van der Waals surface area contributed by atoms with Gasteiger partial charge in [-0.25, -0.2) is 17.6 Å². The van der Waals surface area contributed by atoms with E-state index in [4.69, 9.17) is 0 Å². The number of rotatable bonds is 8. The van der Waals surface area contributed by atoms with Crippen LogP contribution >= 0.6 is 0 Å². The number of carboxylic acids is 2. The van der Waals surface area contributed by atoms with Gasteiger partial charge < -0.3 is 19.8 Å². The summed E-state index contributed by atoms with van der Waals surface area (Å²) in [4.78, 5) is 19.4. The van der Waals surface area contributed by atoms with Crippen molar-refractivity contribution in [2.75, 3.05) is 0 Å². The Kier molecular flexibility index (Phi) is 12.8. The summed E-state index contributed by atoms with van der Waals surface area (Å²) >= 11 is 0.149. The number of alkyl halides is 2. The number of nitrogens with zero attached hydrogens (tertiary/aromatic N) is 2. The topological polar surface area (TPSA) is 86.7 Å². The zero-order valence-corrected chi connectivity index (χ0v) is 18.5. The molecule has 2 atom stereocenters. The normalized spacial score (nSPS) is 19.9. The van der Waals surface area contributed by atoms with Crippen LogP contribution in [-0.2, 0) is 9.59 Å². The van der Waals surface area contributed by atoms with Gasteiger partial charge in [-0.3, -0.25) is 0 Å². The van der Waals surface area contributed by atoms with E-state index in [2.05, 4.69) is 13.8 Å². The van der Waals surface area contributed by atoms with Crippen LogP contribution < -0.4 is 10.2 Å². The minimum absolute atomic E-state index is 0.149. The number of carboxylic acid groups (broad SMARTS) is 2. The van der Waals surface area contributed by atoms with Crippen molar-refractivity contribution in [2.24, 2.45) is 0 Å². The molecule has 0 saturated carbocycles. The van der Waals surface area contributed by atoms with Gasteiger partial charge in [-0.15, -0.1) is 0 Å². The molecule has 0 N–H and O–H groups in total. The Labute approximate surface area is 173 Å². The van der Waals surface area contributed by atoms with Crippen LogP contribution in [0.3, 0.4) is 0 Å². The largest absolute Gasteiger partial charge is 0.543 e. The molecule has 0 spiro atoms. The smallest absolute Gasteiger partial charge is 0.254 e. The predicted molar refractivity (Wildman–Crippen MR) is 87.2 cm³/mol. The maximum absolute atomic E-state index is 11.9. The van der Waals surface area contributed by atoms with Gasteiger partial charge in [0, 0.05) is 0 Å². The van der Waals surface area contributed by atoms with E-state index < -0.39 is 57.8 Å². The third-order valence-electron chi connectivity index (χ3n) is 3.50. The second kappa shape index (κ2) is 13.6. The molecule has 0 aromatic heterocycles. The van der Waals surface area contributed by atoms with Crippen molar-refractivity contribution < 1.29 is 46.3 Å². The van der Waals surface area contributed by atoms with E-state index in [0.717, 1.165) is 0 Å².